The quantitative estimate of drug-likeness (QED) is 0.462. The van der Waals surface area contributed by atoms with Gasteiger partial charge in [0.2, 0.25) is 0 Å². The Labute approximate surface area is 162 Å². The monoisotopic (exact) mass is 380 g/mol. The fourth-order valence-corrected chi connectivity index (χ4v) is 2.89. The molecule has 0 aliphatic rings. The topological polar surface area (TPSA) is 68.2 Å². The number of carbonyl (C=O) groups excluding carboxylic acids is 1. The number of anilines is 1. The zero-order valence-corrected chi connectivity index (χ0v) is 16.0. The van der Waals surface area contributed by atoms with E-state index in [0.29, 0.717) is 23.7 Å². The minimum absolute atomic E-state index is 0.149. The largest absolute Gasteiger partial charge is 0.497 e. The first-order valence-electron chi connectivity index (χ1n) is 8.43. The van der Waals surface area contributed by atoms with Gasteiger partial charge in [-0.1, -0.05) is 17.8 Å². The lowest BCUT2D eigenvalue weighted by Crippen LogP contribution is -2.33. The van der Waals surface area contributed by atoms with Gasteiger partial charge in [0.05, 0.1) is 12.7 Å². The number of nitrogens with zero attached hydrogens (tertiary/aromatic N) is 4. The molecule has 0 aliphatic carbocycles. The van der Waals surface area contributed by atoms with E-state index in [1.807, 2.05) is 48.7 Å². The fourth-order valence-electron chi connectivity index (χ4n) is 2.57. The first kappa shape index (κ1) is 18.8. The number of carbonyl (C=O) groups is 1. The Hall–Kier alpha value is -2.93. The number of rotatable bonds is 7. The molecular weight excluding hydrogens is 360 g/mol. The highest BCUT2D eigenvalue weighted by atomic mass is 32.2. The number of ether oxygens (including phenoxy) is 1. The van der Waals surface area contributed by atoms with Gasteiger partial charge in [0, 0.05) is 42.9 Å². The molecule has 7 heteroatoms. The van der Waals surface area contributed by atoms with Gasteiger partial charge >= 0.3 is 0 Å². The molecule has 0 saturated heterocycles. The molecule has 138 valence electrons. The predicted molar refractivity (Wildman–Crippen MR) is 106 cm³/mol. The Kier molecular flexibility index (Phi) is 6.38. The SMILES string of the molecule is COc1ccc(N(CCc2ccccn2)C(=O)c2cnc(SC)nc2)cc1. The van der Waals surface area contributed by atoms with Gasteiger partial charge in [0.1, 0.15) is 5.75 Å². The Morgan fingerprint density at radius 2 is 1.81 bits per heavy atom. The normalized spacial score (nSPS) is 10.4. The second kappa shape index (κ2) is 9.14. The summed E-state index contributed by atoms with van der Waals surface area (Å²) >= 11 is 1.44. The van der Waals surface area contributed by atoms with E-state index in [-0.39, 0.29) is 5.91 Å². The third-order valence-electron chi connectivity index (χ3n) is 4.00. The fraction of sp³-hybridized carbons (Fsp3) is 0.200. The number of benzene rings is 1. The summed E-state index contributed by atoms with van der Waals surface area (Å²) in [4.78, 5) is 27.6. The highest BCUT2D eigenvalue weighted by Crippen LogP contribution is 2.21. The maximum absolute atomic E-state index is 13.1. The smallest absolute Gasteiger partial charge is 0.261 e. The van der Waals surface area contributed by atoms with E-state index >= 15 is 0 Å². The van der Waals surface area contributed by atoms with Crippen LogP contribution in [0, 0.1) is 0 Å². The van der Waals surface area contributed by atoms with Crippen molar-refractivity contribution in [2.45, 2.75) is 11.6 Å². The maximum atomic E-state index is 13.1. The number of aromatic nitrogens is 3. The van der Waals surface area contributed by atoms with E-state index in [9.17, 15) is 4.79 Å². The van der Waals surface area contributed by atoms with Crippen LogP contribution in [0.3, 0.4) is 0 Å². The molecule has 0 N–H and O–H groups in total. The molecule has 0 spiro atoms. The van der Waals surface area contributed by atoms with Crippen LogP contribution in [-0.4, -0.2) is 40.8 Å². The Bertz CT molecular complexity index is 871. The van der Waals surface area contributed by atoms with Gasteiger partial charge in [0.25, 0.3) is 5.91 Å². The predicted octanol–water partition coefficient (Wildman–Crippen LogP) is 3.49. The molecule has 2 aromatic heterocycles. The summed E-state index contributed by atoms with van der Waals surface area (Å²) in [5.41, 5.74) is 2.16. The van der Waals surface area contributed by atoms with E-state index in [1.165, 1.54) is 11.8 Å². The molecule has 0 fully saturated rings. The summed E-state index contributed by atoms with van der Waals surface area (Å²) in [6.45, 7) is 0.493. The van der Waals surface area contributed by atoms with Crippen LogP contribution in [0.1, 0.15) is 16.1 Å². The molecule has 0 aliphatic heterocycles. The van der Waals surface area contributed by atoms with Gasteiger partial charge in [-0.2, -0.15) is 0 Å². The van der Waals surface area contributed by atoms with Crippen LogP contribution >= 0.6 is 11.8 Å². The summed E-state index contributed by atoms with van der Waals surface area (Å²) in [5, 5.41) is 0.635. The molecule has 0 unspecified atom stereocenters. The number of methoxy groups -OCH3 is 1. The summed E-state index contributed by atoms with van der Waals surface area (Å²) < 4.78 is 5.21. The molecule has 6 nitrogen and oxygen atoms in total. The van der Waals surface area contributed by atoms with Crippen molar-refractivity contribution in [3.63, 3.8) is 0 Å². The zero-order chi connectivity index (χ0) is 19.1. The Morgan fingerprint density at radius 3 is 2.41 bits per heavy atom. The lowest BCUT2D eigenvalue weighted by molar-refractivity contribution is 0.0986. The Balaban J connectivity index is 1.85. The third-order valence-corrected chi connectivity index (χ3v) is 4.58. The van der Waals surface area contributed by atoms with Crippen molar-refractivity contribution >= 4 is 23.4 Å². The molecule has 2 heterocycles. The van der Waals surface area contributed by atoms with Crippen LogP contribution in [0.15, 0.2) is 66.2 Å². The summed E-state index contributed by atoms with van der Waals surface area (Å²) in [6.07, 6.45) is 7.43. The van der Waals surface area contributed by atoms with Gasteiger partial charge in [-0.05, 0) is 42.7 Å². The molecular formula is C20H20N4O2S. The van der Waals surface area contributed by atoms with Crippen LogP contribution in [0.25, 0.3) is 0 Å². The van der Waals surface area contributed by atoms with Crippen molar-refractivity contribution in [2.24, 2.45) is 0 Å². The minimum Gasteiger partial charge on any atom is -0.497 e. The Morgan fingerprint density at radius 1 is 1.07 bits per heavy atom. The summed E-state index contributed by atoms with van der Waals surface area (Å²) in [7, 11) is 1.61. The van der Waals surface area contributed by atoms with E-state index in [0.717, 1.165) is 17.1 Å². The van der Waals surface area contributed by atoms with Crippen molar-refractivity contribution in [1.82, 2.24) is 15.0 Å². The summed E-state index contributed by atoms with van der Waals surface area (Å²) in [6, 6.07) is 13.2. The van der Waals surface area contributed by atoms with Crippen molar-refractivity contribution in [3.8, 4) is 5.75 Å². The highest BCUT2D eigenvalue weighted by Gasteiger charge is 2.19. The van der Waals surface area contributed by atoms with Crippen molar-refractivity contribution in [1.29, 1.82) is 0 Å². The standard InChI is InChI=1S/C20H20N4O2S/c1-26-18-8-6-17(7-9-18)24(12-10-16-5-3-4-11-21-16)19(25)15-13-22-20(27-2)23-14-15/h3-9,11,13-14H,10,12H2,1-2H3. The van der Waals surface area contributed by atoms with Crippen LogP contribution in [0.4, 0.5) is 5.69 Å². The van der Waals surface area contributed by atoms with Crippen molar-refractivity contribution in [3.05, 3.63) is 72.3 Å². The molecule has 0 radical (unpaired) electrons. The van der Waals surface area contributed by atoms with Crippen molar-refractivity contribution < 1.29 is 9.53 Å². The van der Waals surface area contributed by atoms with Crippen LogP contribution in [0.5, 0.6) is 5.75 Å². The average molecular weight is 380 g/mol. The lowest BCUT2D eigenvalue weighted by atomic mass is 10.2. The summed E-state index contributed by atoms with van der Waals surface area (Å²) in [5.74, 6) is 0.590. The number of amides is 1. The van der Waals surface area contributed by atoms with Crippen LogP contribution in [0.2, 0.25) is 0 Å². The lowest BCUT2D eigenvalue weighted by Gasteiger charge is -2.23. The van der Waals surface area contributed by atoms with E-state index in [2.05, 4.69) is 15.0 Å². The van der Waals surface area contributed by atoms with E-state index in [1.54, 1.807) is 30.6 Å². The molecule has 0 saturated carbocycles. The van der Waals surface area contributed by atoms with Gasteiger partial charge < -0.3 is 9.64 Å². The molecule has 3 aromatic rings. The molecule has 0 atom stereocenters. The second-order valence-electron chi connectivity index (χ2n) is 5.68. The number of hydrogen-bond donors (Lipinski definition) is 0. The van der Waals surface area contributed by atoms with Gasteiger partial charge in [-0.3, -0.25) is 9.78 Å². The van der Waals surface area contributed by atoms with E-state index < -0.39 is 0 Å². The van der Waals surface area contributed by atoms with Gasteiger partial charge in [-0.25, -0.2) is 9.97 Å². The molecule has 0 bridgehead atoms. The molecule has 3 rings (SSSR count). The van der Waals surface area contributed by atoms with Crippen LogP contribution in [-0.2, 0) is 6.42 Å². The van der Waals surface area contributed by atoms with Crippen molar-refractivity contribution in [2.75, 3.05) is 24.8 Å². The number of thioether (sulfide) groups is 1. The molecule has 1 amide bonds. The van der Waals surface area contributed by atoms with Crippen LogP contribution < -0.4 is 9.64 Å². The maximum Gasteiger partial charge on any atom is 0.261 e. The van der Waals surface area contributed by atoms with Gasteiger partial charge in [0.15, 0.2) is 5.16 Å². The highest BCUT2D eigenvalue weighted by molar-refractivity contribution is 7.98. The van der Waals surface area contributed by atoms with E-state index in [4.69, 9.17) is 4.74 Å². The number of pyridine rings is 1. The molecule has 27 heavy (non-hydrogen) atoms. The second-order valence-corrected chi connectivity index (χ2v) is 6.46. The third kappa shape index (κ3) is 4.83. The van der Waals surface area contributed by atoms with Gasteiger partial charge in [-0.15, -0.1) is 0 Å². The minimum atomic E-state index is -0.149. The zero-order valence-electron chi connectivity index (χ0n) is 15.2. The molecule has 1 aromatic carbocycles. The average Bonchev–Trinajstić information content (AvgIpc) is 2.75. The first-order chi connectivity index (χ1) is 13.2. The first-order valence-corrected chi connectivity index (χ1v) is 9.65. The number of hydrogen-bond acceptors (Lipinski definition) is 6.